The third kappa shape index (κ3) is 1.40. The van der Waals surface area contributed by atoms with E-state index in [1.807, 2.05) is 7.41 Å². The van der Waals surface area contributed by atoms with Crippen molar-refractivity contribution < 1.29 is 4.84 Å². The first-order chi connectivity index (χ1) is 2.50. The normalized spacial score (nSPS) is 18.7. The topological polar surface area (TPSA) is 56.3 Å². The number of hydrogen-bond donors (Lipinski definition) is 2. The minimum Gasteiger partial charge on any atom is -0.344 e. The van der Waals surface area contributed by atoms with Gasteiger partial charge in [0.1, 0.15) is 0 Å². The van der Waals surface area contributed by atoms with Gasteiger partial charge < -0.3 is 11.0 Å². The molecular formula is C2H8BN2O. The van der Waals surface area contributed by atoms with Gasteiger partial charge in [-0.15, -0.1) is 0 Å². The molecule has 1 aliphatic heterocycles. The van der Waals surface area contributed by atoms with Crippen molar-refractivity contribution in [2.75, 3.05) is 6.61 Å². The summed E-state index contributed by atoms with van der Waals surface area (Å²) in [6.45, 7) is 0.833. The zero-order chi connectivity index (χ0) is 3.54. The Balaban J connectivity index is 0.000000250. The molecule has 4 heteroatoms. The second-order valence-electron chi connectivity index (χ2n) is 0.959. The molecule has 4 N–H and O–H groups in total. The van der Waals surface area contributed by atoms with Crippen molar-refractivity contribution in [3.8, 4) is 0 Å². The Bertz CT molecular complexity index is 23.1. The largest absolute Gasteiger partial charge is 0.344 e. The van der Waals surface area contributed by atoms with E-state index in [2.05, 4.69) is 10.2 Å². The smallest absolute Gasteiger partial charge is 0.244 e. The predicted octanol–water partition coefficient (Wildman–Crippen LogP) is -0.279. The van der Waals surface area contributed by atoms with Gasteiger partial charge in [-0.3, -0.25) is 5.39 Å². The standard InChI is InChI=1S/C2H5BNO.H3N/c1-2-5-4-3-1;/h4H,1-2H2;1H3. The van der Waals surface area contributed by atoms with E-state index in [-0.39, 0.29) is 6.15 Å². The average Bonchev–Trinajstić information content (AvgIpc) is 1.76. The van der Waals surface area contributed by atoms with Crippen molar-refractivity contribution in [3.63, 3.8) is 0 Å². The first kappa shape index (κ1) is 5.94. The highest BCUT2D eigenvalue weighted by molar-refractivity contribution is 6.32. The highest BCUT2D eigenvalue weighted by atomic mass is 16.6. The van der Waals surface area contributed by atoms with Crippen LogP contribution in [0.4, 0.5) is 0 Å². The molecule has 0 aromatic heterocycles. The minimum atomic E-state index is 0. The first-order valence-electron chi connectivity index (χ1n) is 1.69. The third-order valence-electron chi connectivity index (χ3n) is 0.531. The van der Waals surface area contributed by atoms with E-state index in [0.29, 0.717) is 0 Å². The molecule has 35 valence electrons. The molecule has 0 amide bonds. The summed E-state index contributed by atoms with van der Waals surface area (Å²) in [6, 6.07) is 0. The van der Waals surface area contributed by atoms with Gasteiger partial charge in [-0.1, -0.05) is 0 Å². The van der Waals surface area contributed by atoms with Crippen molar-refractivity contribution in [1.82, 2.24) is 11.5 Å². The van der Waals surface area contributed by atoms with Crippen LogP contribution in [0.5, 0.6) is 0 Å². The molecule has 1 aliphatic rings. The molecule has 6 heavy (non-hydrogen) atoms. The Morgan fingerprint density at radius 3 is 2.67 bits per heavy atom. The minimum absolute atomic E-state index is 0. The van der Waals surface area contributed by atoms with Crippen LogP contribution in [0.2, 0.25) is 6.32 Å². The Morgan fingerprint density at radius 1 is 1.67 bits per heavy atom. The number of nitrogens with one attached hydrogen (secondary N) is 1. The van der Waals surface area contributed by atoms with E-state index in [4.69, 9.17) is 0 Å². The predicted molar refractivity (Wildman–Crippen MR) is 24.7 cm³/mol. The fourth-order valence-electron chi connectivity index (χ4n) is 0.295. The van der Waals surface area contributed by atoms with Crippen LogP contribution in [0, 0.1) is 0 Å². The SMILES string of the molecule is N.[B]1CCON1. The van der Waals surface area contributed by atoms with E-state index in [0.717, 1.165) is 12.9 Å². The summed E-state index contributed by atoms with van der Waals surface area (Å²) in [7, 11) is 1.89. The molecule has 0 spiro atoms. The summed E-state index contributed by atoms with van der Waals surface area (Å²) in [5, 5.41) is 2.60. The Morgan fingerprint density at radius 2 is 2.50 bits per heavy atom. The molecule has 1 fully saturated rings. The maximum Gasteiger partial charge on any atom is 0.244 e. The fraction of sp³-hybridized carbons (Fsp3) is 1.00. The van der Waals surface area contributed by atoms with Crippen LogP contribution in [0.15, 0.2) is 0 Å². The molecule has 0 aliphatic carbocycles. The molecular weight excluding hydrogens is 78.8 g/mol. The lowest BCUT2D eigenvalue weighted by Gasteiger charge is -1.80. The van der Waals surface area contributed by atoms with Crippen LogP contribution in [0.1, 0.15) is 0 Å². The Kier molecular flexibility index (Phi) is 3.12. The summed E-state index contributed by atoms with van der Waals surface area (Å²) in [6.07, 6.45) is 1.04. The molecule has 0 unspecified atom stereocenters. The molecule has 1 rings (SSSR count). The van der Waals surface area contributed by atoms with Crippen LogP contribution in [0.3, 0.4) is 0 Å². The zero-order valence-electron chi connectivity index (χ0n) is 3.61. The maximum absolute atomic E-state index is 4.64. The van der Waals surface area contributed by atoms with Gasteiger partial charge in [0.25, 0.3) is 0 Å². The van der Waals surface area contributed by atoms with Gasteiger partial charge in [0.15, 0.2) is 0 Å². The summed E-state index contributed by atoms with van der Waals surface area (Å²) >= 11 is 0. The Hall–Kier alpha value is -0.0551. The average molecular weight is 86.9 g/mol. The zero-order valence-corrected chi connectivity index (χ0v) is 3.61. The van der Waals surface area contributed by atoms with Crippen LogP contribution < -0.4 is 11.5 Å². The Labute approximate surface area is 37.9 Å². The molecule has 1 saturated heterocycles. The van der Waals surface area contributed by atoms with Crippen molar-refractivity contribution in [1.29, 1.82) is 0 Å². The van der Waals surface area contributed by atoms with Gasteiger partial charge in [-0.25, -0.2) is 0 Å². The van der Waals surface area contributed by atoms with Crippen molar-refractivity contribution in [2.24, 2.45) is 0 Å². The molecule has 1 radical (unpaired) electrons. The molecule has 0 saturated carbocycles. The summed E-state index contributed by atoms with van der Waals surface area (Å²) in [5.74, 6) is 0. The van der Waals surface area contributed by atoms with Gasteiger partial charge in [-0.2, -0.15) is 0 Å². The van der Waals surface area contributed by atoms with Crippen LogP contribution in [0.25, 0.3) is 0 Å². The number of rotatable bonds is 0. The molecule has 0 aromatic carbocycles. The number of hydrogen-bond acceptors (Lipinski definition) is 3. The quantitative estimate of drug-likeness (QED) is 0.399. The lowest BCUT2D eigenvalue weighted by molar-refractivity contribution is 0.128. The van der Waals surface area contributed by atoms with Crippen molar-refractivity contribution in [3.05, 3.63) is 0 Å². The molecule has 0 aromatic rings. The van der Waals surface area contributed by atoms with Crippen LogP contribution in [-0.4, -0.2) is 14.0 Å². The van der Waals surface area contributed by atoms with Gasteiger partial charge in [0.2, 0.25) is 7.41 Å². The van der Waals surface area contributed by atoms with E-state index in [1.54, 1.807) is 0 Å². The van der Waals surface area contributed by atoms with E-state index in [1.165, 1.54) is 0 Å². The van der Waals surface area contributed by atoms with E-state index in [9.17, 15) is 0 Å². The highest BCUT2D eigenvalue weighted by Crippen LogP contribution is 1.82. The monoisotopic (exact) mass is 87.1 g/mol. The van der Waals surface area contributed by atoms with Gasteiger partial charge in [-0.05, 0) is 6.32 Å². The van der Waals surface area contributed by atoms with E-state index < -0.39 is 0 Å². The lowest BCUT2D eigenvalue weighted by Crippen LogP contribution is -2.05. The molecule has 3 nitrogen and oxygen atoms in total. The summed E-state index contributed by atoms with van der Waals surface area (Å²) < 4.78 is 0. The third-order valence-corrected chi connectivity index (χ3v) is 0.531. The summed E-state index contributed by atoms with van der Waals surface area (Å²) in [4.78, 5) is 4.64. The summed E-state index contributed by atoms with van der Waals surface area (Å²) in [5.41, 5.74) is 0. The van der Waals surface area contributed by atoms with E-state index >= 15 is 0 Å². The van der Waals surface area contributed by atoms with Gasteiger partial charge >= 0.3 is 0 Å². The van der Waals surface area contributed by atoms with Gasteiger partial charge in [0.05, 0.1) is 6.61 Å². The lowest BCUT2D eigenvalue weighted by atomic mass is 9.94. The van der Waals surface area contributed by atoms with Gasteiger partial charge in [0, 0.05) is 0 Å². The van der Waals surface area contributed by atoms with Crippen molar-refractivity contribution >= 4 is 7.41 Å². The molecule has 0 bridgehead atoms. The highest BCUT2D eigenvalue weighted by Gasteiger charge is 1.96. The second kappa shape index (κ2) is 3.15. The fourth-order valence-corrected chi connectivity index (χ4v) is 0.295. The first-order valence-corrected chi connectivity index (χ1v) is 1.69. The van der Waals surface area contributed by atoms with Crippen LogP contribution >= 0.6 is 0 Å². The maximum atomic E-state index is 4.64. The second-order valence-corrected chi connectivity index (χ2v) is 0.959. The molecule has 0 atom stereocenters. The van der Waals surface area contributed by atoms with Crippen LogP contribution in [-0.2, 0) is 4.84 Å². The molecule has 1 heterocycles. The van der Waals surface area contributed by atoms with Crippen molar-refractivity contribution in [2.45, 2.75) is 6.32 Å².